The topological polar surface area (TPSA) is 36.3 Å². The highest BCUT2D eigenvalue weighted by Gasteiger charge is 2.09. The number of hydrogen-bond donors (Lipinski definition) is 0. The SMILES string of the molecule is COc1cc2cn(-c3ccc(F)cc3)nc2cc1OC. The average Bonchev–Trinajstić information content (AvgIpc) is 2.89. The van der Waals surface area contributed by atoms with E-state index >= 15 is 0 Å². The molecule has 0 saturated heterocycles. The van der Waals surface area contributed by atoms with Crippen LogP contribution in [0.25, 0.3) is 16.6 Å². The second-order valence-corrected chi connectivity index (χ2v) is 4.32. The fourth-order valence-electron chi connectivity index (χ4n) is 2.08. The molecule has 20 heavy (non-hydrogen) atoms. The zero-order chi connectivity index (χ0) is 14.1. The lowest BCUT2D eigenvalue weighted by Gasteiger charge is -2.05. The van der Waals surface area contributed by atoms with Gasteiger partial charge in [0, 0.05) is 17.6 Å². The van der Waals surface area contributed by atoms with E-state index in [0.717, 1.165) is 16.6 Å². The van der Waals surface area contributed by atoms with Gasteiger partial charge in [0.15, 0.2) is 11.5 Å². The van der Waals surface area contributed by atoms with Crippen molar-refractivity contribution in [1.29, 1.82) is 0 Å². The van der Waals surface area contributed by atoms with Crippen LogP contribution in [0, 0.1) is 5.82 Å². The molecule has 5 heteroatoms. The van der Waals surface area contributed by atoms with Gasteiger partial charge in [0.05, 0.1) is 25.4 Å². The van der Waals surface area contributed by atoms with E-state index in [1.807, 2.05) is 18.3 Å². The Bertz CT molecular complexity index is 709. The van der Waals surface area contributed by atoms with Crippen LogP contribution in [-0.4, -0.2) is 24.0 Å². The second-order valence-electron chi connectivity index (χ2n) is 4.32. The molecule has 0 aliphatic carbocycles. The molecular formula is C15H13FN2O2. The van der Waals surface area contributed by atoms with Gasteiger partial charge in [-0.3, -0.25) is 0 Å². The summed E-state index contributed by atoms with van der Waals surface area (Å²) in [6.07, 6.45) is 1.87. The highest BCUT2D eigenvalue weighted by molar-refractivity contribution is 5.82. The van der Waals surface area contributed by atoms with Gasteiger partial charge in [-0.15, -0.1) is 0 Å². The molecule has 0 radical (unpaired) electrons. The van der Waals surface area contributed by atoms with Crippen molar-refractivity contribution >= 4 is 10.9 Å². The molecule has 0 saturated carbocycles. The van der Waals surface area contributed by atoms with Crippen molar-refractivity contribution in [2.24, 2.45) is 0 Å². The van der Waals surface area contributed by atoms with Gasteiger partial charge in [0.1, 0.15) is 5.82 Å². The predicted octanol–water partition coefficient (Wildman–Crippen LogP) is 3.18. The zero-order valence-electron chi connectivity index (χ0n) is 11.1. The van der Waals surface area contributed by atoms with Crippen LogP contribution in [0.4, 0.5) is 4.39 Å². The van der Waals surface area contributed by atoms with Crippen LogP contribution < -0.4 is 9.47 Å². The number of aromatic nitrogens is 2. The third-order valence-electron chi connectivity index (χ3n) is 3.10. The Kier molecular flexibility index (Phi) is 3.02. The van der Waals surface area contributed by atoms with Gasteiger partial charge >= 0.3 is 0 Å². The molecule has 3 aromatic rings. The second kappa shape index (κ2) is 4.85. The van der Waals surface area contributed by atoms with Crippen LogP contribution >= 0.6 is 0 Å². The number of fused-ring (bicyclic) bond motifs is 1. The quantitative estimate of drug-likeness (QED) is 0.734. The molecule has 0 aliphatic rings. The maximum atomic E-state index is 12.9. The van der Waals surface area contributed by atoms with Gasteiger partial charge in [-0.2, -0.15) is 5.10 Å². The molecule has 0 fully saturated rings. The Morgan fingerprint density at radius 2 is 1.65 bits per heavy atom. The number of nitrogens with zero attached hydrogens (tertiary/aromatic N) is 2. The summed E-state index contributed by atoms with van der Waals surface area (Å²) < 4.78 is 25.2. The van der Waals surface area contributed by atoms with E-state index in [-0.39, 0.29) is 5.82 Å². The van der Waals surface area contributed by atoms with Crippen molar-refractivity contribution in [3.8, 4) is 17.2 Å². The number of hydrogen-bond acceptors (Lipinski definition) is 3. The molecule has 0 amide bonds. The van der Waals surface area contributed by atoms with Gasteiger partial charge in [-0.1, -0.05) is 0 Å². The lowest BCUT2D eigenvalue weighted by molar-refractivity contribution is 0.356. The van der Waals surface area contributed by atoms with Crippen molar-refractivity contribution in [2.45, 2.75) is 0 Å². The summed E-state index contributed by atoms with van der Waals surface area (Å²) in [5.41, 5.74) is 1.58. The molecule has 0 unspecified atom stereocenters. The van der Waals surface area contributed by atoms with Crippen molar-refractivity contribution in [1.82, 2.24) is 9.78 Å². The minimum atomic E-state index is -0.270. The smallest absolute Gasteiger partial charge is 0.162 e. The lowest BCUT2D eigenvalue weighted by Crippen LogP contribution is -1.93. The molecule has 3 rings (SSSR count). The fourth-order valence-corrected chi connectivity index (χ4v) is 2.08. The minimum absolute atomic E-state index is 0.270. The summed E-state index contributed by atoms with van der Waals surface area (Å²) in [5, 5.41) is 5.38. The van der Waals surface area contributed by atoms with Crippen LogP contribution in [0.2, 0.25) is 0 Å². The van der Waals surface area contributed by atoms with E-state index in [0.29, 0.717) is 11.5 Å². The molecule has 2 aromatic carbocycles. The van der Waals surface area contributed by atoms with E-state index in [1.54, 1.807) is 31.0 Å². The number of halogens is 1. The third kappa shape index (κ3) is 2.07. The Morgan fingerprint density at radius 1 is 1.00 bits per heavy atom. The van der Waals surface area contributed by atoms with Crippen LogP contribution in [0.3, 0.4) is 0 Å². The van der Waals surface area contributed by atoms with E-state index in [4.69, 9.17) is 9.47 Å². The van der Waals surface area contributed by atoms with E-state index in [9.17, 15) is 4.39 Å². The molecule has 0 N–H and O–H groups in total. The first-order valence-corrected chi connectivity index (χ1v) is 6.08. The maximum absolute atomic E-state index is 12.9. The van der Waals surface area contributed by atoms with Gasteiger partial charge in [0.2, 0.25) is 0 Å². The average molecular weight is 272 g/mol. The van der Waals surface area contributed by atoms with E-state index in [1.165, 1.54) is 12.1 Å². The van der Waals surface area contributed by atoms with Crippen molar-refractivity contribution < 1.29 is 13.9 Å². The maximum Gasteiger partial charge on any atom is 0.162 e. The molecule has 1 aromatic heterocycles. The summed E-state index contributed by atoms with van der Waals surface area (Å²) >= 11 is 0. The summed E-state index contributed by atoms with van der Waals surface area (Å²) in [6, 6.07) is 9.84. The highest BCUT2D eigenvalue weighted by atomic mass is 19.1. The Morgan fingerprint density at radius 3 is 2.30 bits per heavy atom. The molecule has 0 spiro atoms. The number of rotatable bonds is 3. The molecule has 1 heterocycles. The summed E-state index contributed by atoms with van der Waals surface area (Å²) in [5.74, 6) is 1.01. The predicted molar refractivity (Wildman–Crippen MR) is 74.1 cm³/mol. The van der Waals surface area contributed by atoms with Crippen molar-refractivity contribution in [2.75, 3.05) is 14.2 Å². The summed E-state index contributed by atoms with van der Waals surface area (Å²) in [4.78, 5) is 0. The Labute approximate surface area is 115 Å². The first kappa shape index (κ1) is 12.5. The third-order valence-corrected chi connectivity index (χ3v) is 3.10. The lowest BCUT2D eigenvalue weighted by atomic mass is 10.2. The Balaban J connectivity index is 2.12. The number of methoxy groups -OCH3 is 2. The summed E-state index contributed by atoms with van der Waals surface area (Å²) in [7, 11) is 3.18. The van der Waals surface area contributed by atoms with Gasteiger partial charge in [-0.25, -0.2) is 9.07 Å². The van der Waals surface area contributed by atoms with Gasteiger partial charge in [0.25, 0.3) is 0 Å². The first-order chi connectivity index (χ1) is 9.71. The van der Waals surface area contributed by atoms with E-state index in [2.05, 4.69) is 5.10 Å². The zero-order valence-corrected chi connectivity index (χ0v) is 11.1. The largest absolute Gasteiger partial charge is 0.493 e. The molecular weight excluding hydrogens is 259 g/mol. The van der Waals surface area contributed by atoms with Crippen molar-refractivity contribution in [3.63, 3.8) is 0 Å². The van der Waals surface area contributed by atoms with Gasteiger partial charge in [-0.05, 0) is 30.3 Å². The first-order valence-electron chi connectivity index (χ1n) is 6.08. The van der Waals surface area contributed by atoms with Crippen LogP contribution in [0.5, 0.6) is 11.5 Å². The van der Waals surface area contributed by atoms with Crippen molar-refractivity contribution in [3.05, 3.63) is 48.4 Å². The normalized spacial score (nSPS) is 10.8. The minimum Gasteiger partial charge on any atom is -0.493 e. The molecule has 4 nitrogen and oxygen atoms in total. The van der Waals surface area contributed by atoms with E-state index < -0.39 is 0 Å². The van der Waals surface area contributed by atoms with Gasteiger partial charge < -0.3 is 9.47 Å². The number of ether oxygens (including phenoxy) is 2. The molecule has 0 atom stereocenters. The monoisotopic (exact) mass is 272 g/mol. The standard InChI is InChI=1S/C15H13FN2O2/c1-19-14-7-10-9-18(12-5-3-11(16)4-6-12)17-13(10)8-15(14)20-2/h3-9H,1-2H3. The Hall–Kier alpha value is -2.56. The highest BCUT2D eigenvalue weighted by Crippen LogP contribution is 2.31. The summed E-state index contributed by atoms with van der Waals surface area (Å²) in [6.45, 7) is 0. The molecule has 0 bridgehead atoms. The molecule has 0 aliphatic heterocycles. The van der Waals surface area contributed by atoms with Crippen LogP contribution in [0.1, 0.15) is 0 Å². The van der Waals surface area contributed by atoms with Crippen LogP contribution in [-0.2, 0) is 0 Å². The van der Waals surface area contributed by atoms with Crippen LogP contribution in [0.15, 0.2) is 42.6 Å². The molecule has 102 valence electrons. The number of benzene rings is 2. The fraction of sp³-hybridized carbons (Fsp3) is 0.133.